The molecule has 0 amide bonds. The highest BCUT2D eigenvalue weighted by Crippen LogP contribution is 2.18. The Morgan fingerprint density at radius 1 is 1.75 bits per heavy atom. The van der Waals surface area contributed by atoms with Crippen molar-refractivity contribution in [3.05, 3.63) is 11.6 Å². The van der Waals surface area contributed by atoms with Gasteiger partial charge in [0.05, 0.1) is 6.07 Å². The smallest absolute Gasteiger partial charge is 0.107 e. The number of hydrogen-bond acceptors (Lipinski definition) is 3. The van der Waals surface area contributed by atoms with E-state index in [1.807, 2.05) is 11.0 Å². The predicted molar refractivity (Wildman–Crippen MR) is 46.2 cm³/mol. The standard InChI is InChI=1S/C9H14N2O/c1-2-3-9(12)11-6-8(7-11)4-5-10/h4,9,12H,2-3,6-7H2,1H3. The summed E-state index contributed by atoms with van der Waals surface area (Å²) in [5, 5.41) is 17.8. The van der Waals surface area contributed by atoms with E-state index >= 15 is 0 Å². The highest BCUT2D eigenvalue weighted by molar-refractivity contribution is 5.22. The van der Waals surface area contributed by atoms with Crippen LogP contribution in [0.5, 0.6) is 0 Å². The molecule has 1 atom stereocenters. The fraction of sp³-hybridized carbons (Fsp3) is 0.667. The van der Waals surface area contributed by atoms with Crippen molar-refractivity contribution in [3.63, 3.8) is 0 Å². The number of nitrogens with zero attached hydrogens (tertiary/aromatic N) is 2. The van der Waals surface area contributed by atoms with Gasteiger partial charge in [-0.25, -0.2) is 0 Å². The first kappa shape index (κ1) is 9.24. The van der Waals surface area contributed by atoms with E-state index in [4.69, 9.17) is 5.26 Å². The first-order valence-corrected chi connectivity index (χ1v) is 4.27. The van der Waals surface area contributed by atoms with E-state index in [1.165, 1.54) is 0 Å². The molecule has 0 radical (unpaired) electrons. The van der Waals surface area contributed by atoms with Gasteiger partial charge in [-0.05, 0) is 12.0 Å². The van der Waals surface area contributed by atoms with E-state index in [9.17, 15) is 5.11 Å². The number of allylic oxidation sites excluding steroid dienone is 1. The van der Waals surface area contributed by atoms with Crippen LogP contribution in [-0.2, 0) is 0 Å². The zero-order valence-corrected chi connectivity index (χ0v) is 7.32. The van der Waals surface area contributed by atoms with Gasteiger partial charge < -0.3 is 5.11 Å². The summed E-state index contributed by atoms with van der Waals surface area (Å²) in [4.78, 5) is 1.96. The van der Waals surface area contributed by atoms with Crippen LogP contribution in [0.4, 0.5) is 0 Å². The second kappa shape index (κ2) is 4.24. The monoisotopic (exact) mass is 166 g/mol. The van der Waals surface area contributed by atoms with Crippen molar-refractivity contribution in [1.29, 1.82) is 5.26 Å². The molecule has 3 heteroatoms. The van der Waals surface area contributed by atoms with Crippen LogP contribution >= 0.6 is 0 Å². The summed E-state index contributed by atoms with van der Waals surface area (Å²) in [5.74, 6) is 0. The van der Waals surface area contributed by atoms with Gasteiger partial charge in [-0.15, -0.1) is 0 Å². The number of hydrogen-bond donors (Lipinski definition) is 1. The summed E-state index contributed by atoms with van der Waals surface area (Å²) in [5.41, 5.74) is 1.12. The third-order valence-corrected chi connectivity index (χ3v) is 2.05. The van der Waals surface area contributed by atoms with Crippen LogP contribution in [-0.4, -0.2) is 29.3 Å². The molecule has 1 fully saturated rings. The van der Waals surface area contributed by atoms with Crippen LogP contribution in [0.25, 0.3) is 0 Å². The van der Waals surface area contributed by atoms with Crippen molar-refractivity contribution in [2.75, 3.05) is 13.1 Å². The van der Waals surface area contributed by atoms with Gasteiger partial charge in [0.1, 0.15) is 6.23 Å². The first-order chi connectivity index (χ1) is 5.77. The van der Waals surface area contributed by atoms with Gasteiger partial charge in [-0.1, -0.05) is 13.3 Å². The van der Waals surface area contributed by atoms with Gasteiger partial charge in [-0.2, -0.15) is 5.26 Å². The van der Waals surface area contributed by atoms with Gasteiger partial charge >= 0.3 is 0 Å². The van der Waals surface area contributed by atoms with Crippen LogP contribution < -0.4 is 0 Å². The molecule has 0 aromatic rings. The summed E-state index contributed by atoms with van der Waals surface area (Å²) >= 11 is 0. The Labute approximate surface area is 72.9 Å². The fourth-order valence-corrected chi connectivity index (χ4v) is 1.31. The topological polar surface area (TPSA) is 47.3 Å². The molecule has 1 aliphatic heterocycles. The second-order valence-electron chi connectivity index (χ2n) is 3.11. The minimum absolute atomic E-state index is 0.314. The van der Waals surface area contributed by atoms with E-state index in [1.54, 1.807) is 6.08 Å². The van der Waals surface area contributed by atoms with Gasteiger partial charge in [0.15, 0.2) is 0 Å². The van der Waals surface area contributed by atoms with Crippen molar-refractivity contribution in [2.45, 2.75) is 26.0 Å². The van der Waals surface area contributed by atoms with Crippen LogP contribution in [0.3, 0.4) is 0 Å². The minimum Gasteiger partial charge on any atom is -0.378 e. The van der Waals surface area contributed by atoms with Crippen LogP contribution in [0.1, 0.15) is 19.8 Å². The van der Waals surface area contributed by atoms with E-state index in [2.05, 4.69) is 6.92 Å². The SMILES string of the molecule is CCCC(O)N1CC(=CC#N)C1. The molecule has 0 aromatic carbocycles. The molecule has 1 rings (SSSR count). The van der Waals surface area contributed by atoms with E-state index in [0.717, 1.165) is 31.5 Å². The summed E-state index contributed by atoms with van der Waals surface area (Å²) in [6, 6.07) is 1.99. The normalized spacial score (nSPS) is 19.6. The van der Waals surface area contributed by atoms with Crippen LogP contribution in [0, 0.1) is 11.3 Å². The maximum absolute atomic E-state index is 9.47. The molecule has 0 aliphatic carbocycles. The minimum atomic E-state index is -0.314. The lowest BCUT2D eigenvalue weighted by molar-refractivity contribution is -0.0150. The number of likely N-dealkylation sites (tertiary alicyclic amines) is 1. The molecule has 0 saturated carbocycles. The zero-order valence-electron chi connectivity index (χ0n) is 7.32. The molecule has 1 unspecified atom stereocenters. The molecule has 3 nitrogen and oxygen atoms in total. The Kier molecular flexibility index (Phi) is 3.27. The number of aliphatic hydroxyl groups is 1. The maximum atomic E-state index is 9.47. The Balaban J connectivity index is 2.25. The highest BCUT2D eigenvalue weighted by atomic mass is 16.3. The third kappa shape index (κ3) is 2.07. The van der Waals surface area contributed by atoms with Crippen molar-refractivity contribution in [2.24, 2.45) is 0 Å². The molecule has 66 valence electrons. The average Bonchev–Trinajstić information content (AvgIpc) is 1.96. The summed E-state index contributed by atoms with van der Waals surface area (Å²) in [6.45, 7) is 3.57. The molecule has 0 spiro atoms. The Bertz CT molecular complexity index is 209. The largest absolute Gasteiger partial charge is 0.378 e. The number of nitriles is 1. The van der Waals surface area contributed by atoms with Crippen LogP contribution in [0.2, 0.25) is 0 Å². The van der Waals surface area contributed by atoms with Crippen molar-refractivity contribution in [1.82, 2.24) is 4.90 Å². The molecule has 0 aromatic heterocycles. The second-order valence-corrected chi connectivity index (χ2v) is 3.11. The van der Waals surface area contributed by atoms with E-state index in [-0.39, 0.29) is 6.23 Å². The molecule has 1 saturated heterocycles. The quantitative estimate of drug-likeness (QED) is 0.633. The highest BCUT2D eigenvalue weighted by Gasteiger charge is 2.25. The first-order valence-electron chi connectivity index (χ1n) is 4.27. The molecule has 1 N–H and O–H groups in total. The lowest BCUT2D eigenvalue weighted by Crippen LogP contribution is -2.47. The van der Waals surface area contributed by atoms with Gasteiger partial charge in [0.2, 0.25) is 0 Å². The Morgan fingerprint density at radius 3 is 2.92 bits per heavy atom. The van der Waals surface area contributed by atoms with E-state index < -0.39 is 0 Å². The van der Waals surface area contributed by atoms with Crippen LogP contribution in [0.15, 0.2) is 11.6 Å². The number of rotatable bonds is 3. The predicted octanol–water partition coefficient (Wildman–Crippen LogP) is 0.870. The summed E-state index contributed by atoms with van der Waals surface area (Å²) < 4.78 is 0. The van der Waals surface area contributed by atoms with Crippen molar-refractivity contribution >= 4 is 0 Å². The van der Waals surface area contributed by atoms with Crippen molar-refractivity contribution < 1.29 is 5.11 Å². The van der Waals surface area contributed by atoms with Gasteiger partial charge in [-0.3, -0.25) is 4.90 Å². The zero-order chi connectivity index (χ0) is 8.97. The number of aliphatic hydroxyl groups excluding tert-OH is 1. The molecular weight excluding hydrogens is 152 g/mol. The lowest BCUT2D eigenvalue weighted by Gasteiger charge is -2.37. The molecule has 1 aliphatic rings. The molecule has 0 bridgehead atoms. The summed E-state index contributed by atoms with van der Waals surface area (Å²) in [7, 11) is 0. The average molecular weight is 166 g/mol. The maximum Gasteiger partial charge on any atom is 0.107 e. The van der Waals surface area contributed by atoms with E-state index in [0.29, 0.717) is 0 Å². The summed E-state index contributed by atoms with van der Waals surface area (Å²) in [6.07, 6.45) is 3.06. The lowest BCUT2D eigenvalue weighted by atomic mass is 10.1. The molecule has 1 heterocycles. The Hall–Kier alpha value is -0.850. The van der Waals surface area contributed by atoms with Gasteiger partial charge in [0, 0.05) is 19.2 Å². The fourth-order valence-electron chi connectivity index (χ4n) is 1.31. The molecular formula is C9H14N2O. The van der Waals surface area contributed by atoms with Crippen molar-refractivity contribution in [3.8, 4) is 6.07 Å². The molecule has 12 heavy (non-hydrogen) atoms. The Morgan fingerprint density at radius 2 is 2.42 bits per heavy atom. The third-order valence-electron chi connectivity index (χ3n) is 2.05. The van der Waals surface area contributed by atoms with Gasteiger partial charge in [0.25, 0.3) is 0 Å².